The van der Waals surface area contributed by atoms with Crippen LogP contribution >= 0.6 is 0 Å². The van der Waals surface area contributed by atoms with E-state index in [0.29, 0.717) is 11.3 Å². The van der Waals surface area contributed by atoms with Crippen molar-refractivity contribution in [3.8, 4) is 39.4 Å². The molecule has 4 heteroatoms. The standard InChI is InChI=1S/C52H38N4/c1-37-34-42(24-32-49(37)55(45-28-22-39(36-53)23-29-45)51-20-12-10-18-47(51)40-14-6-4-7-15-40)43-25-33-50(38(2)35-43)56(46-30-26-44(54-3)27-31-46)52-21-13-11-19-48(52)41-16-8-5-9-17-41/h4-35H,1-2H3. The third-order valence-electron chi connectivity index (χ3n) is 10.2. The molecule has 0 amide bonds. The fourth-order valence-corrected chi connectivity index (χ4v) is 7.41. The number of anilines is 6. The monoisotopic (exact) mass is 718 g/mol. The van der Waals surface area contributed by atoms with E-state index in [4.69, 9.17) is 6.57 Å². The van der Waals surface area contributed by atoms with Gasteiger partial charge in [-0.1, -0.05) is 121 Å². The number of nitrogens with zero attached hydrogens (tertiary/aromatic N) is 4. The van der Waals surface area contributed by atoms with Crippen LogP contribution in [0.2, 0.25) is 0 Å². The Bertz CT molecular complexity index is 2530. The minimum absolute atomic E-state index is 0.609. The van der Waals surface area contributed by atoms with Crippen LogP contribution in [0.5, 0.6) is 0 Å². The van der Waals surface area contributed by atoms with E-state index in [1.807, 2.05) is 60.7 Å². The molecular weight excluding hydrogens is 681 g/mol. The average molecular weight is 719 g/mol. The molecule has 0 aliphatic heterocycles. The zero-order valence-corrected chi connectivity index (χ0v) is 31.3. The lowest BCUT2D eigenvalue weighted by Crippen LogP contribution is -2.13. The third-order valence-corrected chi connectivity index (χ3v) is 10.2. The summed E-state index contributed by atoms with van der Waals surface area (Å²) in [6.45, 7) is 11.9. The second-order valence-electron chi connectivity index (χ2n) is 13.7. The van der Waals surface area contributed by atoms with Crippen molar-refractivity contribution in [2.24, 2.45) is 0 Å². The smallest absolute Gasteiger partial charge is 0.187 e. The highest BCUT2D eigenvalue weighted by molar-refractivity contribution is 5.91. The van der Waals surface area contributed by atoms with E-state index in [-0.39, 0.29) is 0 Å². The highest BCUT2D eigenvalue weighted by atomic mass is 15.2. The minimum Gasteiger partial charge on any atom is -0.310 e. The van der Waals surface area contributed by atoms with E-state index in [1.165, 1.54) is 0 Å². The van der Waals surface area contributed by atoms with E-state index in [2.05, 4.69) is 168 Å². The molecule has 0 saturated carbocycles. The Balaban J connectivity index is 1.21. The fourth-order valence-electron chi connectivity index (χ4n) is 7.41. The fraction of sp³-hybridized carbons (Fsp3) is 0.0385. The topological polar surface area (TPSA) is 34.6 Å². The van der Waals surface area contributed by atoms with Crippen LogP contribution < -0.4 is 9.80 Å². The summed E-state index contributed by atoms with van der Waals surface area (Å²) >= 11 is 0. The summed E-state index contributed by atoms with van der Waals surface area (Å²) in [5.41, 5.74) is 16.4. The number of hydrogen-bond acceptors (Lipinski definition) is 3. The molecule has 0 aliphatic rings. The van der Waals surface area contributed by atoms with Crippen molar-refractivity contribution >= 4 is 39.8 Å². The van der Waals surface area contributed by atoms with E-state index in [0.717, 1.165) is 78.6 Å². The molecule has 0 unspecified atom stereocenters. The van der Waals surface area contributed by atoms with Crippen LogP contribution in [0.3, 0.4) is 0 Å². The summed E-state index contributed by atoms with van der Waals surface area (Å²) in [6, 6.07) is 69.1. The van der Waals surface area contributed by atoms with Gasteiger partial charge in [0.25, 0.3) is 0 Å². The first-order chi connectivity index (χ1) is 27.5. The van der Waals surface area contributed by atoms with E-state index in [1.54, 1.807) is 0 Å². The lowest BCUT2D eigenvalue weighted by Gasteiger charge is -2.30. The molecule has 0 fully saturated rings. The van der Waals surface area contributed by atoms with Gasteiger partial charge in [0.15, 0.2) is 5.69 Å². The molecule has 0 N–H and O–H groups in total. The van der Waals surface area contributed by atoms with Gasteiger partial charge in [-0.05, 0) is 120 Å². The Morgan fingerprint density at radius 3 is 1.25 bits per heavy atom. The third kappa shape index (κ3) is 7.04. The van der Waals surface area contributed by atoms with Gasteiger partial charge in [-0.2, -0.15) is 5.26 Å². The first-order valence-electron chi connectivity index (χ1n) is 18.6. The first kappa shape index (κ1) is 35.4. The predicted molar refractivity (Wildman–Crippen MR) is 233 cm³/mol. The van der Waals surface area contributed by atoms with Crippen molar-refractivity contribution in [2.75, 3.05) is 9.80 Å². The largest absolute Gasteiger partial charge is 0.310 e. The molecule has 0 atom stereocenters. The van der Waals surface area contributed by atoms with Crippen molar-refractivity contribution in [3.05, 3.63) is 222 Å². The van der Waals surface area contributed by atoms with Gasteiger partial charge in [-0.25, -0.2) is 4.85 Å². The first-order valence-corrected chi connectivity index (χ1v) is 18.6. The SMILES string of the molecule is [C-]#[N+]c1ccc(N(c2ccc(-c3ccc(N(c4ccc(C#N)cc4)c4ccccc4-c4ccccc4)c(C)c3)cc2C)c2ccccc2-c2ccccc2)cc1. The molecule has 266 valence electrons. The van der Waals surface area contributed by atoms with Crippen LogP contribution in [0.15, 0.2) is 194 Å². The highest BCUT2D eigenvalue weighted by Crippen LogP contribution is 2.45. The molecule has 0 aliphatic carbocycles. The summed E-state index contributed by atoms with van der Waals surface area (Å²) in [7, 11) is 0. The highest BCUT2D eigenvalue weighted by Gasteiger charge is 2.21. The summed E-state index contributed by atoms with van der Waals surface area (Å²) in [5, 5.41) is 9.56. The molecule has 0 radical (unpaired) electrons. The quantitative estimate of drug-likeness (QED) is 0.139. The molecule has 8 rings (SSSR count). The van der Waals surface area contributed by atoms with E-state index in [9.17, 15) is 5.26 Å². The Labute approximate surface area is 329 Å². The Hall–Kier alpha value is -7.66. The van der Waals surface area contributed by atoms with Gasteiger partial charge in [-0.3, -0.25) is 0 Å². The van der Waals surface area contributed by atoms with Gasteiger partial charge in [0.2, 0.25) is 0 Å². The van der Waals surface area contributed by atoms with Gasteiger partial charge in [0.1, 0.15) is 0 Å². The molecule has 8 aromatic carbocycles. The molecule has 0 aromatic heterocycles. The van der Waals surface area contributed by atoms with Crippen molar-refractivity contribution in [3.63, 3.8) is 0 Å². The molecule has 56 heavy (non-hydrogen) atoms. The number of rotatable bonds is 9. The summed E-state index contributed by atoms with van der Waals surface area (Å²) in [5.74, 6) is 0. The summed E-state index contributed by atoms with van der Waals surface area (Å²) in [4.78, 5) is 8.23. The van der Waals surface area contributed by atoms with Gasteiger partial charge in [0.05, 0.1) is 29.6 Å². The number of nitriles is 1. The predicted octanol–water partition coefficient (Wildman–Crippen LogP) is 14.7. The van der Waals surface area contributed by atoms with Gasteiger partial charge in [0, 0.05) is 33.9 Å². The van der Waals surface area contributed by atoms with Crippen molar-refractivity contribution in [2.45, 2.75) is 13.8 Å². The lowest BCUT2D eigenvalue weighted by molar-refractivity contribution is 1.24. The molecular formula is C52H38N4. The lowest BCUT2D eigenvalue weighted by atomic mass is 9.97. The average Bonchev–Trinajstić information content (AvgIpc) is 3.26. The van der Waals surface area contributed by atoms with Crippen LogP contribution in [-0.2, 0) is 0 Å². The second kappa shape index (κ2) is 15.7. The Kier molecular flexibility index (Phi) is 9.95. The second-order valence-corrected chi connectivity index (χ2v) is 13.7. The molecule has 0 bridgehead atoms. The van der Waals surface area contributed by atoms with E-state index >= 15 is 0 Å². The van der Waals surface area contributed by atoms with Gasteiger partial charge >= 0.3 is 0 Å². The maximum Gasteiger partial charge on any atom is 0.187 e. The number of hydrogen-bond donors (Lipinski definition) is 0. The number of benzene rings is 8. The zero-order chi connectivity index (χ0) is 38.4. The molecule has 0 saturated heterocycles. The van der Waals surface area contributed by atoms with Crippen molar-refractivity contribution < 1.29 is 0 Å². The van der Waals surface area contributed by atoms with Crippen molar-refractivity contribution in [1.29, 1.82) is 5.26 Å². The van der Waals surface area contributed by atoms with Crippen molar-refractivity contribution in [1.82, 2.24) is 0 Å². The van der Waals surface area contributed by atoms with E-state index < -0.39 is 0 Å². The van der Waals surface area contributed by atoms with Crippen LogP contribution in [0.25, 0.3) is 38.2 Å². The Morgan fingerprint density at radius 2 is 0.839 bits per heavy atom. The maximum atomic E-state index is 9.56. The zero-order valence-electron chi connectivity index (χ0n) is 31.3. The van der Waals surface area contributed by atoms with Gasteiger partial charge in [-0.15, -0.1) is 0 Å². The van der Waals surface area contributed by atoms with Crippen LogP contribution in [0.1, 0.15) is 16.7 Å². The molecule has 0 spiro atoms. The Morgan fingerprint density at radius 1 is 0.429 bits per heavy atom. The number of para-hydroxylation sites is 2. The molecule has 0 heterocycles. The maximum absolute atomic E-state index is 9.56. The molecule has 4 nitrogen and oxygen atoms in total. The van der Waals surface area contributed by atoms with Crippen LogP contribution in [-0.4, -0.2) is 0 Å². The van der Waals surface area contributed by atoms with Crippen LogP contribution in [0.4, 0.5) is 39.8 Å². The van der Waals surface area contributed by atoms with Gasteiger partial charge < -0.3 is 9.80 Å². The molecule has 8 aromatic rings. The summed E-state index contributed by atoms with van der Waals surface area (Å²) in [6.07, 6.45) is 0. The summed E-state index contributed by atoms with van der Waals surface area (Å²) < 4.78 is 0. The minimum atomic E-state index is 0.609. The number of aryl methyl sites for hydroxylation is 2. The van der Waals surface area contributed by atoms with Crippen LogP contribution in [0, 0.1) is 31.8 Å². The normalized spacial score (nSPS) is 10.6.